The summed E-state index contributed by atoms with van der Waals surface area (Å²) in [4.78, 5) is 24.0. The van der Waals surface area contributed by atoms with Crippen molar-refractivity contribution in [3.63, 3.8) is 0 Å². The molecule has 2 N–H and O–H groups in total. The molecule has 2 heterocycles. The Labute approximate surface area is 175 Å². The summed E-state index contributed by atoms with van der Waals surface area (Å²) in [6.07, 6.45) is 0.268. The molecule has 1 atom stereocenters. The van der Waals surface area contributed by atoms with E-state index in [0.717, 1.165) is 22.7 Å². The van der Waals surface area contributed by atoms with Gasteiger partial charge in [-0.3, -0.25) is 9.59 Å². The Hall–Kier alpha value is -3.61. The van der Waals surface area contributed by atoms with Crippen LogP contribution in [0.5, 0.6) is 5.75 Å². The maximum atomic E-state index is 12.6. The number of anilines is 1. The van der Waals surface area contributed by atoms with E-state index in [-0.39, 0.29) is 30.3 Å². The summed E-state index contributed by atoms with van der Waals surface area (Å²) in [5, 5.41) is 10.2. The van der Waals surface area contributed by atoms with Gasteiger partial charge in [-0.15, -0.1) is 5.10 Å². The molecule has 154 valence electrons. The summed E-state index contributed by atoms with van der Waals surface area (Å²) in [6.45, 7) is 4.32. The lowest BCUT2D eigenvalue weighted by Crippen LogP contribution is -2.24. The predicted octanol–water partition coefficient (Wildman–Crippen LogP) is 3.40. The molecule has 7 heteroatoms. The molecular weight excluding hydrogens is 380 g/mol. The Bertz CT molecular complexity index is 1060. The van der Waals surface area contributed by atoms with Gasteiger partial charge in [-0.25, -0.2) is 4.68 Å². The second-order valence-electron chi connectivity index (χ2n) is 7.55. The first-order valence-electron chi connectivity index (χ1n) is 10.00. The van der Waals surface area contributed by atoms with Gasteiger partial charge in [0, 0.05) is 24.6 Å². The summed E-state index contributed by atoms with van der Waals surface area (Å²) in [5.41, 5.74) is 2.62. The first-order chi connectivity index (χ1) is 14.5. The molecule has 0 bridgehead atoms. The molecule has 7 nitrogen and oxygen atoms in total. The standard InChI is InChI=1S/C23H24N4O3/c1-15(2)30-19-10-6-7-16(11-19)20-13-21(25-23(29)17-12-22(28)24-14-17)26-27(20)18-8-4-3-5-9-18/h3-11,13,15,17H,12,14H2,1-2H3,(H,24,28)(H,25,26,29)/t17-/m0/s1. The normalized spacial score (nSPS) is 15.8. The number of hydrogen-bond donors (Lipinski definition) is 2. The summed E-state index contributed by atoms with van der Waals surface area (Å²) in [6, 6.07) is 19.4. The first-order valence-corrected chi connectivity index (χ1v) is 10.00. The van der Waals surface area contributed by atoms with Gasteiger partial charge < -0.3 is 15.4 Å². The number of carbonyl (C=O) groups excluding carboxylic acids is 2. The summed E-state index contributed by atoms with van der Waals surface area (Å²) in [7, 11) is 0. The van der Waals surface area contributed by atoms with Crippen molar-refractivity contribution in [1.82, 2.24) is 15.1 Å². The molecule has 1 aliphatic heterocycles. The van der Waals surface area contributed by atoms with Crippen LogP contribution >= 0.6 is 0 Å². The molecule has 2 aromatic carbocycles. The number of carbonyl (C=O) groups is 2. The van der Waals surface area contributed by atoms with Crippen molar-refractivity contribution in [2.75, 3.05) is 11.9 Å². The number of rotatable bonds is 6. The van der Waals surface area contributed by atoms with Crippen LogP contribution in [0.1, 0.15) is 20.3 Å². The number of hydrogen-bond acceptors (Lipinski definition) is 4. The molecule has 1 aromatic heterocycles. The third-order valence-electron chi connectivity index (χ3n) is 4.81. The van der Waals surface area contributed by atoms with Crippen LogP contribution in [0.3, 0.4) is 0 Å². The molecule has 4 rings (SSSR count). The minimum absolute atomic E-state index is 0.0665. The molecule has 30 heavy (non-hydrogen) atoms. The zero-order chi connectivity index (χ0) is 21.1. The number of nitrogens with zero attached hydrogens (tertiary/aromatic N) is 2. The number of benzene rings is 2. The lowest BCUT2D eigenvalue weighted by atomic mass is 10.1. The van der Waals surface area contributed by atoms with Crippen LogP contribution in [0, 0.1) is 5.92 Å². The fourth-order valence-corrected chi connectivity index (χ4v) is 3.43. The van der Waals surface area contributed by atoms with Crippen molar-refractivity contribution in [3.8, 4) is 22.7 Å². The molecule has 1 saturated heterocycles. The number of aromatic nitrogens is 2. The van der Waals surface area contributed by atoms with E-state index in [9.17, 15) is 9.59 Å². The molecule has 0 spiro atoms. The third kappa shape index (κ3) is 4.35. The lowest BCUT2D eigenvalue weighted by Gasteiger charge is -2.12. The molecule has 1 aliphatic rings. The highest BCUT2D eigenvalue weighted by Crippen LogP contribution is 2.29. The monoisotopic (exact) mass is 404 g/mol. The smallest absolute Gasteiger partial charge is 0.230 e. The van der Waals surface area contributed by atoms with Crippen molar-refractivity contribution in [2.24, 2.45) is 5.92 Å². The van der Waals surface area contributed by atoms with Crippen molar-refractivity contribution in [3.05, 3.63) is 60.7 Å². The second-order valence-corrected chi connectivity index (χ2v) is 7.55. The quantitative estimate of drug-likeness (QED) is 0.659. The Balaban J connectivity index is 1.68. The van der Waals surface area contributed by atoms with Gasteiger partial charge in [-0.05, 0) is 38.1 Å². The van der Waals surface area contributed by atoms with Gasteiger partial charge in [0.05, 0.1) is 23.4 Å². The van der Waals surface area contributed by atoms with E-state index in [0.29, 0.717) is 12.4 Å². The molecular formula is C23H24N4O3. The summed E-state index contributed by atoms with van der Waals surface area (Å²) >= 11 is 0. The molecule has 3 aromatic rings. The van der Waals surface area contributed by atoms with Crippen LogP contribution < -0.4 is 15.4 Å². The minimum atomic E-state index is -0.384. The maximum Gasteiger partial charge on any atom is 0.230 e. The van der Waals surface area contributed by atoms with Gasteiger partial charge in [0.25, 0.3) is 0 Å². The van der Waals surface area contributed by atoms with E-state index in [1.54, 1.807) is 4.68 Å². The number of para-hydroxylation sites is 1. The van der Waals surface area contributed by atoms with E-state index < -0.39 is 0 Å². The van der Waals surface area contributed by atoms with E-state index >= 15 is 0 Å². The minimum Gasteiger partial charge on any atom is -0.491 e. The third-order valence-corrected chi connectivity index (χ3v) is 4.81. The predicted molar refractivity (Wildman–Crippen MR) is 115 cm³/mol. The SMILES string of the molecule is CC(C)Oc1cccc(-c2cc(NC(=O)[C@@H]3CNC(=O)C3)nn2-c2ccccc2)c1. The maximum absolute atomic E-state index is 12.6. The van der Waals surface area contributed by atoms with Crippen molar-refractivity contribution < 1.29 is 14.3 Å². The van der Waals surface area contributed by atoms with Crippen LogP contribution in [0.2, 0.25) is 0 Å². The topological polar surface area (TPSA) is 85.2 Å². The Morgan fingerprint density at radius 1 is 1.17 bits per heavy atom. The largest absolute Gasteiger partial charge is 0.491 e. The van der Waals surface area contributed by atoms with Crippen LogP contribution in [0.25, 0.3) is 16.9 Å². The fourth-order valence-electron chi connectivity index (χ4n) is 3.43. The Morgan fingerprint density at radius 3 is 2.67 bits per heavy atom. The Morgan fingerprint density at radius 2 is 1.97 bits per heavy atom. The van der Waals surface area contributed by atoms with Gasteiger partial charge in [-0.1, -0.05) is 30.3 Å². The number of nitrogens with one attached hydrogen (secondary N) is 2. The average molecular weight is 404 g/mol. The summed E-state index contributed by atoms with van der Waals surface area (Å²) in [5.74, 6) is 0.505. The molecule has 0 radical (unpaired) electrons. The van der Waals surface area contributed by atoms with Crippen molar-refractivity contribution in [2.45, 2.75) is 26.4 Å². The molecule has 0 unspecified atom stereocenters. The van der Waals surface area contributed by atoms with Gasteiger partial charge in [0.1, 0.15) is 5.75 Å². The van der Waals surface area contributed by atoms with Gasteiger partial charge >= 0.3 is 0 Å². The average Bonchev–Trinajstić information content (AvgIpc) is 3.35. The zero-order valence-electron chi connectivity index (χ0n) is 17.0. The highest BCUT2D eigenvalue weighted by atomic mass is 16.5. The molecule has 2 amide bonds. The van der Waals surface area contributed by atoms with Crippen molar-refractivity contribution >= 4 is 17.6 Å². The van der Waals surface area contributed by atoms with Crippen molar-refractivity contribution in [1.29, 1.82) is 0 Å². The van der Waals surface area contributed by atoms with Gasteiger partial charge in [0.2, 0.25) is 11.8 Å². The zero-order valence-corrected chi connectivity index (χ0v) is 17.0. The molecule has 0 saturated carbocycles. The lowest BCUT2D eigenvalue weighted by molar-refractivity contribution is -0.123. The number of amides is 2. The van der Waals surface area contributed by atoms with Gasteiger partial charge in [0.15, 0.2) is 5.82 Å². The van der Waals surface area contributed by atoms with Crippen LogP contribution in [0.4, 0.5) is 5.82 Å². The Kier molecular flexibility index (Phi) is 5.52. The fraction of sp³-hybridized carbons (Fsp3) is 0.261. The van der Waals surface area contributed by atoms with E-state index in [2.05, 4.69) is 15.7 Å². The molecule has 1 fully saturated rings. The van der Waals surface area contributed by atoms with Crippen LogP contribution in [-0.2, 0) is 9.59 Å². The van der Waals surface area contributed by atoms with Gasteiger partial charge in [-0.2, -0.15) is 0 Å². The van der Waals surface area contributed by atoms with E-state index in [1.165, 1.54) is 0 Å². The summed E-state index contributed by atoms with van der Waals surface area (Å²) < 4.78 is 7.63. The van der Waals surface area contributed by atoms with E-state index in [4.69, 9.17) is 4.74 Å². The number of ether oxygens (including phenoxy) is 1. The second kappa shape index (κ2) is 8.41. The highest BCUT2D eigenvalue weighted by Gasteiger charge is 2.28. The van der Waals surface area contributed by atoms with E-state index in [1.807, 2.05) is 74.5 Å². The molecule has 0 aliphatic carbocycles. The van der Waals surface area contributed by atoms with Crippen LogP contribution in [-0.4, -0.2) is 34.2 Å². The highest BCUT2D eigenvalue weighted by molar-refractivity contribution is 5.97. The van der Waals surface area contributed by atoms with Crippen LogP contribution in [0.15, 0.2) is 60.7 Å². The first kappa shape index (κ1) is 19.7.